The highest BCUT2D eigenvalue weighted by atomic mass is 127. The molecule has 3 aromatic rings. The molecule has 0 saturated heterocycles. The number of carbonyl (C=O) groups excluding carboxylic acids is 1. The van der Waals surface area contributed by atoms with Crippen LogP contribution in [-0.4, -0.2) is 46.8 Å². The first kappa shape index (κ1) is 24.7. The van der Waals surface area contributed by atoms with Crippen molar-refractivity contribution in [3.05, 3.63) is 65.6 Å². The standard InChI is InChI=1S/C22H27N7O3.HI/c1-23-22(26-17-8-9-20-27-19(14-31-2)28-29(20)13-17)24-12-15-5-3-6-16(11-15)25-21(30)18-7-4-10-32-18;/h3-7,10-11,17H,8-9,12-14H2,1-2H3,(H,25,30)(H2,23,24,26);1H. The largest absolute Gasteiger partial charge is 0.459 e. The number of aliphatic imine (C=N–C) groups is 1. The van der Waals surface area contributed by atoms with Gasteiger partial charge in [-0.15, -0.1) is 24.0 Å². The maximum Gasteiger partial charge on any atom is 0.291 e. The predicted octanol–water partition coefficient (Wildman–Crippen LogP) is 2.57. The maximum atomic E-state index is 12.2. The number of hydrogen-bond donors (Lipinski definition) is 3. The van der Waals surface area contributed by atoms with Crippen molar-refractivity contribution >= 4 is 41.5 Å². The van der Waals surface area contributed by atoms with E-state index in [1.807, 2.05) is 28.9 Å². The molecule has 11 heteroatoms. The van der Waals surface area contributed by atoms with Gasteiger partial charge in [-0.1, -0.05) is 12.1 Å². The number of amides is 1. The molecule has 33 heavy (non-hydrogen) atoms. The monoisotopic (exact) mass is 565 g/mol. The minimum Gasteiger partial charge on any atom is -0.459 e. The summed E-state index contributed by atoms with van der Waals surface area (Å²) in [5, 5.41) is 14.1. The zero-order valence-electron chi connectivity index (χ0n) is 18.6. The van der Waals surface area contributed by atoms with E-state index >= 15 is 0 Å². The number of rotatable bonds is 7. The number of guanidine groups is 1. The number of aromatic nitrogens is 3. The number of fused-ring (bicyclic) bond motifs is 1. The van der Waals surface area contributed by atoms with Crippen LogP contribution in [0.4, 0.5) is 5.69 Å². The molecule has 0 fully saturated rings. The zero-order chi connectivity index (χ0) is 22.3. The highest BCUT2D eigenvalue weighted by Gasteiger charge is 2.22. The molecule has 10 nitrogen and oxygen atoms in total. The fraction of sp³-hybridized carbons (Fsp3) is 0.364. The van der Waals surface area contributed by atoms with E-state index < -0.39 is 0 Å². The lowest BCUT2D eigenvalue weighted by Crippen LogP contribution is -2.46. The Morgan fingerprint density at radius 3 is 2.97 bits per heavy atom. The van der Waals surface area contributed by atoms with Crippen LogP contribution in [0, 0.1) is 0 Å². The fourth-order valence-corrected chi connectivity index (χ4v) is 3.60. The smallest absolute Gasteiger partial charge is 0.291 e. The minimum atomic E-state index is -0.281. The average Bonchev–Trinajstić information content (AvgIpc) is 3.47. The Balaban J connectivity index is 0.00000306. The molecule has 0 radical (unpaired) electrons. The first-order valence-corrected chi connectivity index (χ1v) is 10.5. The van der Waals surface area contributed by atoms with Crippen LogP contribution in [0.25, 0.3) is 0 Å². The Kier molecular flexibility index (Phi) is 8.83. The summed E-state index contributed by atoms with van der Waals surface area (Å²) < 4.78 is 12.2. The first-order chi connectivity index (χ1) is 15.6. The first-order valence-electron chi connectivity index (χ1n) is 10.5. The zero-order valence-corrected chi connectivity index (χ0v) is 20.9. The van der Waals surface area contributed by atoms with Gasteiger partial charge in [-0.2, -0.15) is 5.10 Å². The van der Waals surface area contributed by atoms with Gasteiger partial charge in [-0.25, -0.2) is 9.67 Å². The number of aryl methyl sites for hydroxylation is 1. The molecule has 4 rings (SSSR count). The molecule has 0 saturated carbocycles. The van der Waals surface area contributed by atoms with Gasteiger partial charge in [0.1, 0.15) is 12.4 Å². The SMILES string of the molecule is CN=C(NCc1cccc(NC(=O)c2ccco2)c1)NC1CCc2nc(COC)nn2C1.I. The number of methoxy groups -OCH3 is 1. The maximum absolute atomic E-state index is 12.2. The van der Waals surface area contributed by atoms with Gasteiger partial charge in [0.05, 0.1) is 12.8 Å². The molecule has 1 aliphatic rings. The second-order valence-electron chi connectivity index (χ2n) is 7.50. The molecule has 1 amide bonds. The summed E-state index contributed by atoms with van der Waals surface area (Å²) >= 11 is 0. The van der Waals surface area contributed by atoms with Crippen molar-refractivity contribution in [2.75, 3.05) is 19.5 Å². The summed E-state index contributed by atoms with van der Waals surface area (Å²) in [7, 11) is 3.39. The molecule has 1 unspecified atom stereocenters. The van der Waals surface area contributed by atoms with Gasteiger partial charge >= 0.3 is 0 Å². The van der Waals surface area contributed by atoms with E-state index in [0.29, 0.717) is 30.6 Å². The lowest BCUT2D eigenvalue weighted by atomic mass is 10.1. The van der Waals surface area contributed by atoms with Gasteiger partial charge in [-0.3, -0.25) is 9.79 Å². The predicted molar refractivity (Wildman–Crippen MR) is 135 cm³/mol. The summed E-state index contributed by atoms with van der Waals surface area (Å²) in [4.78, 5) is 21.0. The van der Waals surface area contributed by atoms with E-state index in [1.54, 1.807) is 26.3 Å². The van der Waals surface area contributed by atoms with Crippen molar-refractivity contribution in [2.24, 2.45) is 4.99 Å². The third kappa shape index (κ3) is 6.54. The van der Waals surface area contributed by atoms with Crippen LogP contribution in [0.3, 0.4) is 0 Å². The van der Waals surface area contributed by atoms with E-state index in [1.165, 1.54) is 6.26 Å². The number of hydrogen-bond acceptors (Lipinski definition) is 6. The van der Waals surface area contributed by atoms with Crippen LogP contribution in [-0.2, 0) is 30.9 Å². The molecule has 1 aliphatic heterocycles. The van der Waals surface area contributed by atoms with Gasteiger partial charge < -0.3 is 25.1 Å². The summed E-state index contributed by atoms with van der Waals surface area (Å²) in [6, 6.07) is 11.2. The Hall–Kier alpha value is -2.93. The van der Waals surface area contributed by atoms with Crippen molar-refractivity contribution in [1.82, 2.24) is 25.4 Å². The number of anilines is 1. The Morgan fingerprint density at radius 2 is 2.21 bits per heavy atom. The van der Waals surface area contributed by atoms with Crippen molar-refractivity contribution in [3.63, 3.8) is 0 Å². The van der Waals surface area contributed by atoms with Crippen molar-refractivity contribution in [1.29, 1.82) is 0 Å². The number of halogens is 1. The highest BCUT2D eigenvalue weighted by molar-refractivity contribution is 14.0. The minimum absolute atomic E-state index is 0. The van der Waals surface area contributed by atoms with Gasteiger partial charge in [-0.05, 0) is 36.2 Å². The summed E-state index contributed by atoms with van der Waals surface area (Å²) in [5.74, 6) is 2.41. The van der Waals surface area contributed by atoms with Gasteiger partial charge in [0.25, 0.3) is 5.91 Å². The number of nitrogens with one attached hydrogen (secondary N) is 3. The van der Waals surface area contributed by atoms with Crippen LogP contribution in [0.1, 0.15) is 34.2 Å². The lowest BCUT2D eigenvalue weighted by molar-refractivity contribution is 0.0996. The Morgan fingerprint density at radius 1 is 1.33 bits per heavy atom. The van der Waals surface area contributed by atoms with E-state index in [0.717, 1.165) is 30.8 Å². The van der Waals surface area contributed by atoms with E-state index in [2.05, 4.69) is 31.0 Å². The number of furan rings is 1. The molecule has 0 spiro atoms. The van der Waals surface area contributed by atoms with Gasteiger partial charge in [0, 0.05) is 38.9 Å². The molecule has 176 valence electrons. The molecule has 0 bridgehead atoms. The van der Waals surface area contributed by atoms with Crippen molar-refractivity contribution < 1.29 is 13.9 Å². The number of benzene rings is 1. The van der Waals surface area contributed by atoms with Crippen LogP contribution < -0.4 is 16.0 Å². The quantitative estimate of drug-likeness (QED) is 0.229. The summed E-state index contributed by atoms with van der Waals surface area (Å²) in [6.45, 7) is 1.70. The summed E-state index contributed by atoms with van der Waals surface area (Å²) in [5.41, 5.74) is 1.71. The Bertz CT molecular complexity index is 1080. The van der Waals surface area contributed by atoms with E-state index in [9.17, 15) is 4.79 Å². The Labute approximate surface area is 209 Å². The molecule has 1 aromatic carbocycles. The summed E-state index contributed by atoms with van der Waals surface area (Å²) in [6.07, 6.45) is 3.27. The van der Waals surface area contributed by atoms with Crippen molar-refractivity contribution in [2.45, 2.75) is 38.6 Å². The van der Waals surface area contributed by atoms with Crippen LogP contribution in [0.5, 0.6) is 0 Å². The fourth-order valence-electron chi connectivity index (χ4n) is 3.60. The van der Waals surface area contributed by atoms with Crippen LogP contribution in [0.2, 0.25) is 0 Å². The van der Waals surface area contributed by atoms with Gasteiger partial charge in [0.2, 0.25) is 0 Å². The molecule has 0 aliphatic carbocycles. The lowest BCUT2D eigenvalue weighted by Gasteiger charge is -2.25. The average molecular weight is 565 g/mol. The van der Waals surface area contributed by atoms with Gasteiger partial charge in [0.15, 0.2) is 17.5 Å². The molecule has 2 aromatic heterocycles. The molecular formula is C22H28IN7O3. The van der Waals surface area contributed by atoms with Crippen LogP contribution in [0.15, 0.2) is 52.1 Å². The second-order valence-corrected chi connectivity index (χ2v) is 7.50. The normalized spacial score (nSPS) is 15.3. The molecular weight excluding hydrogens is 537 g/mol. The third-order valence-corrected chi connectivity index (χ3v) is 5.13. The highest BCUT2D eigenvalue weighted by Crippen LogP contribution is 2.14. The van der Waals surface area contributed by atoms with Crippen LogP contribution >= 0.6 is 24.0 Å². The second kappa shape index (κ2) is 11.8. The van der Waals surface area contributed by atoms with E-state index in [4.69, 9.17) is 9.15 Å². The molecule has 3 N–H and O–H groups in total. The molecule has 1 atom stereocenters. The topological polar surface area (TPSA) is 119 Å². The van der Waals surface area contributed by atoms with E-state index in [-0.39, 0.29) is 41.7 Å². The van der Waals surface area contributed by atoms with Crippen molar-refractivity contribution in [3.8, 4) is 0 Å². The molecule has 3 heterocycles. The number of carbonyl (C=O) groups is 1. The third-order valence-electron chi connectivity index (χ3n) is 5.13. The number of nitrogens with zero attached hydrogens (tertiary/aromatic N) is 4. The number of ether oxygens (including phenoxy) is 1.